The van der Waals surface area contributed by atoms with Crippen LogP contribution in [0.2, 0.25) is 0 Å². The molecule has 2 aromatic heterocycles. The first-order valence-electron chi connectivity index (χ1n) is 10.3. The zero-order valence-electron chi connectivity index (χ0n) is 18.4. The number of allylic oxidation sites excluding steroid dienone is 1. The van der Waals surface area contributed by atoms with E-state index in [9.17, 15) is 10.4 Å². The minimum Gasteiger partial charge on any atom is -0.502 e. The Bertz CT molecular complexity index is 1410. The van der Waals surface area contributed by atoms with Gasteiger partial charge in [0.1, 0.15) is 17.3 Å². The van der Waals surface area contributed by atoms with Gasteiger partial charge >= 0.3 is 0 Å². The van der Waals surface area contributed by atoms with Crippen molar-refractivity contribution >= 4 is 0 Å². The van der Waals surface area contributed by atoms with Crippen LogP contribution in [-0.2, 0) is 0 Å². The molecule has 0 saturated heterocycles. The average Bonchev–Trinajstić information content (AvgIpc) is 3.52. The number of phenolic OH excluding ortho intramolecular Hbond substituents is 1. The van der Waals surface area contributed by atoms with Crippen LogP contribution in [-0.4, -0.2) is 29.1 Å². The van der Waals surface area contributed by atoms with Crippen molar-refractivity contribution in [2.75, 3.05) is 14.2 Å². The molecule has 0 fully saturated rings. The van der Waals surface area contributed by atoms with E-state index < -0.39 is 5.92 Å². The Hall–Kier alpha value is -4.84. The van der Waals surface area contributed by atoms with Gasteiger partial charge in [0.25, 0.3) is 0 Å². The van der Waals surface area contributed by atoms with Crippen LogP contribution in [0.4, 0.5) is 0 Å². The highest BCUT2D eigenvalue weighted by molar-refractivity contribution is 5.70. The van der Waals surface area contributed by atoms with Crippen molar-refractivity contribution in [3.05, 3.63) is 83.4 Å². The SMILES string of the molecule is COc1cc(C2C(C#N)=C(N)Oc3c2c(-c2ccco2)nn3-c2ccccc2)cc(OC)c1O. The van der Waals surface area contributed by atoms with Crippen LogP contribution in [0, 0.1) is 11.3 Å². The van der Waals surface area contributed by atoms with E-state index in [1.165, 1.54) is 14.2 Å². The number of para-hydroxylation sites is 1. The maximum atomic E-state index is 10.4. The lowest BCUT2D eigenvalue weighted by molar-refractivity contribution is 0.338. The Balaban J connectivity index is 1.84. The van der Waals surface area contributed by atoms with Gasteiger partial charge in [-0.1, -0.05) is 18.2 Å². The normalized spacial score (nSPS) is 14.8. The molecule has 0 spiro atoms. The third kappa shape index (κ3) is 3.20. The third-order valence-corrected chi connectivity index (χ3v) is 5.64. The molecule has 0 aliphatic carbocycles. The molecule has 3 N–H and O–H groups in total. The highest BCUT2D eigenvalue weighted by Gasteiger charge is 2.39. The molecule has 4 aromatic rings. The number of aromatic nitrogens is 2. The summed E-state index contributed by atoms with van der Waals surface area (Å²) in [6.07, 6.45) is 1.55. The summed E-state index contributed by atoms with van der Waals surface area (Å²) in [5, 5.41) is 25.3. The average molecular weight is 456 g/mol. The summed E-state index contributed by atoms with van der Waals surface area (Å²) in [6, 6.07) is 18.4. The van der Waals surface area contributed by atoms with Crippen LogP contribution < -0.4 is 19.9 Å². The molecule has 34 heavy (non-hydrogen) atoms. The molecule has 170 valence electrons. The van der Waals surface area contributed by atoms with Crippen molar-refractivity contribution in [2.45, 2.75) is 5.92 Å². The number of furan rings is 1. The second kappa shape index (κ2) is 8.26. The van der Waals surface area contributed by atoms with Gasteiger partial charge in [-0.2, -0.15) is 15.0 Å². The first kappa shape index (κ1) is 21.0. The number of nitrogens with zero attached hydrogens (tertiary/aromatic N) is 3. The van der Waals surface area contributed by atoms with Gasteiger partial charge in [0.2, 0.25) is 17.5 Å². The van der Waals surface area contributed by atoms with Crippen molar-refractivity contribution in [3.63, 3.8) is 0 Å². The van der Waals surface area contributed by atoms with Crippen LogP contribution in [0.15, 0.2) is 76.7 Å². The van der Waals surface area contributed by atoms with E-state index in [-0.39, 0.29) is 28.7 Å². The summed E-state index contributed by atoms with van der Waals surface area (Å²) in [7, 11) is 2.87. The molecule has 1 aliphatic heterocycles. The Labute approximate surface area is 194 Å². The largest absolute Gasteiger partial charge is 0.502 e. The molecule has 1 unspecified atom stereocenters. The number of phenols is 1. The molecule has 1 atom stereocenters. The zero-order valence-corrected chi connectivity index (χ0v) is 18.4. The van der Waals surface area contributed by atoms with Crippen molar-refractivity contribution in [1.82, 2.24) is 9.78 Å². The lowest BCUT2D eigenvalue weighted by Crippen LogP contribution is -2.22. The number of methoxy groups -OCH3 is 2. The number of hydrogen-bond acceptors (Lipinski definition) is 8. The highest BCUT2D eigenvalue weighted by Crippen LogP contribution is 2.50. The zero-order chi connectivity index (χ0) is 23.8. The van der Waals surface area contributed by atoms with Gasteiger partial charge in [-0.05, 0) is 42.0 Å². The number of nitriles is 1. The van der Waals surface area contributed by atoms with Gasteiger partial charge in [0, 0.05) is 0 Å². The quantitative estimate of drug-likeness (QED) is 0.460. The summed E-state index contributed by atoms with van der Waals surface area (Å²) in [4.78, 5) is 0. The van der Waals surface area contributed by atoms with Crippen LogP contribution in [0.25, 0.3) is 17.1 Å². The summed E-state index contributed by atoms with van der Waals surface area (Å²) >= 11 is 0. The minimum absolute atomic E-state index is 0.0471. The number of benzene rings is 2. The smallest absolute Gasteiger partial charge is 0.229 e. The molecule has 2 aromatic carbocycles. The standard InChI is InChI=1S/C25H20N4O5/c1-31-18-11-14(12-19(32-2)23(18)30)20-16(13-26)24(27)34-25-21(20)22(17-9-6-10-33-17)28-29(25)15-7-4-3-5-8-15/h3-12,20,30H,27H2,1-2H3. The van der Waals surface area contributed by atoms with Crippen molar-refractivity contribution in [2.24, 2.45) is 5.73 Å². The second-order valence-corrected chi connectivity index (χ2v) is 7.49. The van der Waals surface area contributed by atoms with Crippen LogP contribution >= 0.6 is 0 Å². The van der Waals surface area contributed by atoms with Crippen LogP contribution in [0.5, 0.6) is 23.1 Å². The molecule has 0 radical (unpaired) electrons. The topological polar surface area (TPSA) is 129 Å². The summed E-state index contributed by atoms with van der Waals surface area (Å²) in [5.41, 5.74) is 8.82. The molecular formula is C25H20N4O5. The Kier molecular flexibility index (Phi) is 5.11. The number of ether oxygens (including phenoxy) is 3. The number of fused-ring (bicyclic) bond motifs is 1. The maximum Gasteiger partial charge on any atom is 0.229 e. The van der Waals surface area contributed by atoms with E-state index in [4.69, 9.17) is 29.5 Å². The summed E-state index contributed by atoms with van der Waals surface area (Å²) in [5.74, 6) is 0.327. The van der Waals surface area contributed by atoms with Gasteiger partial charge in [-0.3, -0.25) is 0 Å². The monoisotopic (exact) mass is 456 g/mol. The molecule has 3 heterocycles. The van der Waals surface area contributed by atoms with E-state index in [2.05, 4.69) is 6.07 Å². The van der Waals surface area contributed by atoms with Gasteiger partial charge in [-0.15, -0.1) is 0 Å². The Morgan fingerprint density at radius 2 is 1.79 bits per heavy atom. The number of hydrogen-bond donors (Lipinski definition) is 2. The van der Waals surface area contributed by atoms with Crippen molar-refractivity contribution in [3.8, 4) is 46.3 Å². The molecule has 1 aliphatic rings. The Morgan fingerprint density at radius 1 is 1.09 bits per heavy atom. The first-order valence-corrected chi connectivity index (χ1v) is 10.3. The fourth-order valence-electron chi connectivity index (χ4n) is 4.09. The molecule has 9 heteroatoms. The number of aromatic hydroxyl groups is 1. The molecule has 0 saturated carbocycles. The maximum absolute atomic E-state index is 10.4. The summed E-state index contributed by atoms with van der Waals surface area (Å²) < 4.78 is 24.0. The minimum atomic E-state index is -0.699. The second-order valence-electron chi connectivity index (χ2n) is 7.49. The van der Waals surface area contributed by atoms with E-state index in [1.807, 2.05) is 30.3 Å². The Morgan fingerprint density at radius 3 is 2.38 bits per heavy atom. The van der Waals surface area contributed by atoms with Crippen molar-refractivity contribution < 1.29 is 23.7 Å². The van der Waals surface area contributed by atoms with Gasteiger partial charge in [-0.25, -0.2) is 0 Å². The van der Waals surface area contributed by atoms with E-state index >= 15 is 0 Å². The molecule has 0 amide bonds. The van der Waals surface area contributed by atoms with E-state index in [1.54, 1.807) is 35.2 Å². The van der Waals surface area contributed by atoms with E-state index in [0.29, 0.717) is 28.5 Å². The predicted octanol–water partition coefficient (Wildman–Crippen LogP) is 4.07. The molecule has 9 nitrogen and oxygen atoms in total. The highest BCUT2D eigenvalue weighted by atomic mass is 16.5. The fourth-order valence-corrected chi connectivity index (χ4v) is 4.09. The predicted molar refractivity (Wildman–Crippen MR) is 122 cm³/mol. The lowest BCUT2D eigenvalue weighted by Gasteiger charge is -2.25. The van der Waals surface area contributed by atoms with Gasteiger partial charge < -0.3 is 29.5 Å². The van der Waals surface area contributed by atoms with Crippen molar-refractivity contribution in [1.29, 1.82) is 5.26 Å². The van der Waals surface area contributed by atoms with Gasteiger partial charge in [0.15, 0.2) is 17.3 Å². The molecule has 5 rings (SSSR count). The molecule has 0 bridgehead atoms. The van der Waals surface area contributed by atoms with Crippen LogP contribution in [0.3, 0.4) is 0 Å². The van der Waals surface area contributed by atoms with Crippen LogP contribution in [0.1, 0.15) is 17.0 Å². The molecular weight excluding hydrogens is 436 g/mol. The first-order chi connectivity index (χ1) is 16.6. The lowest BCUT2D eigenvalue weighted by atomic mass is 9.83. The number of rotatable bonds is 5. The third-order valence-electron chi connectivity index (χ3n) is 5.64. The summed E-state index contributed by atoms with van der Waals surface area (Å²) in [6.45, 7) is 0. The fraction of sp³-hybridized carbons (Fsp3) is 0.120. The van der Waals surface area contributed by atoms with E-state index in [0.717, 1.165) is 5.69 Å². The number of nitrogens with two attached hydrogens (primary N) is 1. The van der Waals surface area contributed by atoms with Gasteiger partial charge in [0.05, 0.1) is 37.7 Å².